The van der Waals surface area contributed by atoms with Crippen molar-refractivity contribution in [2.75, 3.05) is 5.32 Å². The van der Waals surface area contributed by atoms with Crippen molar-refractivity contribution in [1.29, 1.82) is 0 Å². The van der Waals surface area contributed by atoms with Gasteiger partial charge in [0.05, 0.1) is 17.6 Å². The summed E-state index contributed by atoms with van der Waals surface area (Å²) in [5.74, 6) is 0. The lowest BCUT2D eigenvalue weighted by Crippen LogP contribution is -1.99. The molecule has 1 aromatic heterocycles. The fraction of sp³-hybridized carbons (Fsp3) is 0.0625. The average Bonchev–Trinajstić information content (AvgIpc) is 2.98. The van der Waals surface area contributed by atoms with Crippen LogP contribution in [-0.4, -0.2) is 9.78 Å². The molecule has 3 nitrogen and oxygen atoms in total. The first kappa shape index (κ1) is 14.2. The van der Waals surface area contributed by atoms with E-state index >= 15 is 0 Å². The number of rotatable bonds is 4. The molecule has 0 atom stereocenters. The second-order valence-corrected chi connectivity index (χ2v) is 5.90. The Morgan fingerprint density at radius 1 is 1.14 bits per heavy atom. The fourth-order valence-corrected chi connectivity index (χ4v) is 2.56. The number of aromatic nitrogens is 2. The molecule has 2 aromatic carbocycles. The van der Waals surface area contributed by atoms with Crippen LogP contribution in [0.1, 0.15) is 5.56 Å². The van der Waals surface area contributed by atoms with Crippen molar-refractivity contribution in [2.45, 2.75) is 6.54 Å². The molecule has 0 aliphatic heterocycles. The Bertz CT molecular complexity index is 740. The van der Waals surface area contributed by atoms with Crippen LogP contribution in [0.5, 0.6) is 0 Å². The van der Waals surface area contributed by atoms with Gasteiger partial charge in [0.1, 0.15) is 0 Å². The zero-order chi connectivity index (χ0) is 14.7. The van der Waals surface area contributed by atoms with Gasteiger partial charge in [-0.3, -0.25) is 0 Å². The van der Waals surface area contributed by atoms with Crippen LogP contribution < -0.4 is 5.32 Å². The first-order valence-corrected chi connectivity index (χ1v) is 7.67. The predicted molar refractivity (Wildman–Crippen MR) is 90.0 cm³/mol. The van der Waals surface area contributed by atoms with Crippen molar-refractivity contribution in [3.63, 3.8) is 0 Å². The van der Waals surface area contributed by atoms with Gasteiger partial charge in [0.25, 0.3) is 0 Å². The van der Waals surface area contributed by atoms with Gasteiger partial charge in [0, 0.05) is 27.8 Å². The lowest BCUT2D eigenvalue weighted by Gasteiger charge is -2.07. The zero-order valence-electron chi connectivity index (χ0n) is 11.1. The second-order valence-electron chi connectivity index (χ2n) is 4.61. The van der Waals surface area contributed by atoms with Crippen molar-refractivity contribution in [3.05, 3.63) is 76.0 Å². The van der Waals surface area contributed by atoms with E-state index in [-0.39, 0.29) is 0 Å². The van der Waals surface area contributed by atoms with E-state index in [1.54, 1.807) is 0 Å². The number of hydrogen-bond acceptors (Lipinski definition) is 2. The zero-order valence-corrected chi connectivity index (χ0v) is 13.5. The Hall–Kier alpha value is -1.78. The fourth-order valence-electron chi connectivity index (χ4n) is 2.00. The predicted octanol–water partition coefficient (Wildman–Crippen LogP) is 4.90. The molecule has 0 saturated heterocycles. The minimum absolute atomic E-state index is 0.686. The highest BCUT2D eigenvalue weighted by atomic mass is 79.9. The van der Waals surface area contributed by atoms with E-state index in [1.807, 2.05) is 65.6 Å². The van der Waals surface area contributed by atoms with Crippen molar-refractivity contribution in [1.82, 2.24) is 9.78 Å². The summed E-state index contributed by atoms with van der Waals surface area (Å²) in [6.45, 7) is 0.686. The number of anilines is 1. The van der Waals surface area contributed by atoms with E-state index in [1.165, 1.54) is 0 Å². The number of nitrogens with zero attached hydrogens (tertiary/aromatic N) is 2. The standard InChI is InChI=1S/C16H13BrClN3/c17-15-7-6-13(18)8-16(15)19-9-12-10-20-21(11-12)14-4-2-1-3-5-14/h1-8,10-11,19H,9H2. The summed E-state index contributed by atoms with van der Waals surface area (Å²) in [7, 11) is 0. The Morgan fingerprint density at radius 3 is 2.76 bits per heavy atom. The number of nitrogens with one attached hydrogen (secondary N) is 1. The summed E-state index contributed by atoms with van der Waals surface area (Å²) in [4.78, 5) is 0. The summed E-state index contributed by atoms with van der Waals surface area (Å²) in [6, 6.07) is 15.7. The molecule has 0 spiro atoms. The quantitative estimate of drug-likeness (QED) is 0.715. The molecule has 0 fully saturated rings. The molecule has 0 unspecified atom stereocenters. The first-order chi connectivity index (χ1) is 10.2. The molecule has 5 heteroatoms. The molecular formula is C16H13BrClN3. The van der Waals surface area contributed by atoms with Crippen LogP contribution in [0.25, 0.3) is 5.69 Å². The molecule has 21 heavy (non-hydrogen) atoms. The van der Waals surface area contributed by atoms with Gasteiger partial charge in [-0.25, -0.2) is 4.68 Å². The Morgan fingerprint density at radius 2 is 1.95 bits per heavy atom. The largest absolute Gasteiger partial charge is 0.380 e. The van der Waals surface area contributed by atoms with Gasteiger partial charge in [-0.1, -0.05) is 29.8 Å². The van der Waals surface area contributed by atoms with E-state index < -0.39 is 0 Å². The summed E-state index contributed by atoms with van der Waals surface area (Å²) in [5, 5.41) is 8.44. The minimum Gasteiger partial charge on any atom is -0.380 e. The summed E-state index contributed by atoms with van der Waals surface area (Å²) < 4.78 is 2.85. The van der Waals surface area contributed by atoms with E-state index in [9.17, 15) is 0 Å². The Kier molecular flexibility index (Phi) is 4.27. The van der Waals surface area contributed by atoms with Gasteiger partial charge in [-0.05, 0) is 46.3 Å². The van der Waals surface area contributed by atoms with E-state index in [2.05, 4.69) is 26.3 Å². The highest BCUT2D eigenvalue weighted by molar-refractivity contribution is 9.10. The number of benzene rings is 2. The van der Waals surface area contributed by atoms with Crippen molar-refractivity contribution in [2.24, 2.45) is 0 Å². The molecule has 0 aliphatic rings. The van der Waals surface area contributed by atoms with Crippen LogP contribution in [0.4, 0.5) is 5.69 Å². The van der Waals surface area contributed by atoms with Gasteiger partial charge in [-0.2, -0.15) is 5.10 Å². The smallest absolute Gasteiger partial charge is 0.0645 e. The van der Waals surface area contributed by atoms with Gasteiger partial charge >= 0.3 is 0 Å². The molecule has 0 bridgehead atoms. The summed E-state index contributed by atoms with van der Waals surface area (Å²) in [5.41, 5.74) is 3.12. The monoisotopic (exact) mass is 361 g/mol. The summed E-state index contributed by atoms with van der Waals surface area (Å²) >= 11 is 9.51. The third-order valence-electron chi connectivity index (χ3n) is 3.07. The maximum absolute atomic E-state index is 6.01. The highest BCUT2D eigenvalue weighted by Gasteiger charge is 2.03. The summed E-state index contributed by atoms with van der Waals surface area (Å²) in [6.07, 6.45) is 3.87. The first-order valence-electron chi connectivity index (χ1n) is 6.50. The molecule has 3 aromatic rings. The molecule has 0 amide bonds. The van der Waals surface area contributed by atoms with Crippen LogP contribution in [0, 0.1) is 0 Å². The topological polar surface area (TPSA) is 29.9 Å². The second kappa shape index (κ2) is 6.33. The molecule has 1 heterocycles. The third kappa shape index (κ3) is 3.46. The van der Waals surface area contributed by atoms with Crippen molar-refractivity contribution in [3.8, 4) is 5.69 Å². The van der Waals surface area contributed by atoms with Crippen LogP contribution in [0.2, 0.25) is 5.02 Å². The maximum atomic E-state index is 6.01. The van der Waals surface area contributed by atoms with Crippen LogP contribution in [-0.2, 0) is 6.54 Å². The van der Waals surface area contributed by atoms with Gasteiger partial charge in [-0.15, -0.1) is 0 Å². The lowest BCUT2D eigenvalue weighted by atomic mass is 10.3. The molecule has 0 aliphatic carbocycles. The molecule has 1 N–H and O–H groups in total. The molecule has 3 rings (SSSR count). The van der Waals surface area contributed by atoms with Crippen LogP contribution in [0.3, 0.4) is 0 Å². The lowest BCUT2D eigenvalue weighted by molar-refractivity contribution is 0.880. The molecule has 0 saturated carbocycles. The molecule has 0 radical (unpaired) electrons. The van der Waals surface area contributed by atoms with Crippen molar-refractivity contribution >= 4 is 33.2 Å². The average molecular weight is 363 g/mol. The van der Waals surface area contributed by atoms with E-state index in [0.29, 0.717) is 11.6 Å². The Labute approximate surface area is 136 Å². The van der Waals surface area contributed by atoms with Crippen molar-refractivity contribution < 1.29 is 0 Å². The minimum atomic E-state index is 0.686. The maximum Gasteiger partial charge on any atom is 0.0645 e. The number of hydrogen-bond donors (Lipinski definition) is 1. The normalized spacial score (nSPS) is 10.6. The van der Waals surface area contributed by atoms with E-state index in [0.717, 1.165) is 21.4 Å². The van der Waals surface area contributed by atoms with E-state index in [4.69, 9.17) is 11.6 Å². The van der Waals surface area contributed by atoms with Gasteiger partial charge < -0.3 is 5.32 Å². The van der Waals surface area contributed by atoms with Gasteiger partial charge in [0.2, 0.25) is 0 Å². The SMILES string of the molecule is Clc1ccc(Br)c(NCc2cnn(-c3ccccc3)c2)c1. The van der Waals surface area contributed by atoms with Crippen LogP contribution >= 0.6 is 27.5 Å². The Balaban J connectivity index is 1.72. The third-order valence-corrected chi connectivity index (χ3v) is 3.99. The van der Waals surface area contributed by atoms with Crippen LogP contribution in [0.15, 0.2) is 65.4 Å². The number of para-hydroxylation sites is 1. The van der Waals surface area contributed by atoms with Gasteiger partial charge in [0.15, 0.2) is 0 Å². The number of halogens is 2. The molecule has 106 valence electrons. The highest BCUT2D eigenvalue weighted by Crippen LogP contribution is 2.26. The molecular weight excluding hydrogens is 350 g/mol.